The fourth-order valence-electron chi connectivity index (χ4n) is 4.87. The van der Waals surface area contributed by atoms with Crippen molar-refractivity contribution in [1.82, 2.24) is 0 Å². The highest BCUT2D eigenvalue weighted by Gasteiger charge is 2.59. The van der Waals surface area contributed by atoms with Gasteiger partial charge in [-0.05, 0) is 31.1 Å². The maximum absolute atomic E-state index is 12.6. The van der Waals surface area contributed by atoms with E-state index in [2.05, 4.69) is 6.58 Å². The molecule has 0 aliphatic carbocycles. The largest absolute Gasteiger partial charge is 0.461 e. The summed E-state index contributed by atoms with van der Waals surface area (Å²) in [6.45, 7) is 11.4. The first-order chi connectivity index (χ1) is 15.5. The van der Waals surface area contributed by atoms with E-state index in [0.29, 0.717) is 12.2 Å². The smallest absolute Gasteiger partial charge is 0.334 e. The van der Waals surface area contributed by atoms with E-state index in [0.717, 1.165) is 5.56 Å². The second-order valence-corrected chi connectivity index (χ2v) is 9.79. The van der Waals surface area contributed by atoms with Gasteiger partial charge in [-0.2, -0.15) is 0 Å². The molecule has 4 rings (SSSR count). The number of hydrogen-bond donors (Lipinski definition) is 1. The van der Waals surface area contributed by atoms with E-state index in [9.17, 15) is 14.7 Å². The molecule has 0 saturated carbocycles. The number of carbonyl (C=O) groups is 2. The fraction of sp³-hybridized carbons (Fsp3) is 0.538. The van der Waals surface area contributed by atoms with E-state index in [4.69, 9.17) is 18.9 Å². The van der Waals surface area contributed by atoms with Crippen LogP contribution in [0.2, 0.25) is 0 Å². The summed E-state index contributed by atoms with van der Waals surface area (Å²) in [5.74, 6) is -3.42. The average molecular weight is 457 g/mol. The summed E-state index contributed by atoms with van der Waals surface area (Å²) in [6, 6.07) is 9.75. The molecular weight excluding hydrogens is 424 g/mol. The van der Waals surface area contributed by atoms with Crippen LogP contribution in [-0.4, -0.2) is 46.7 Å². The van der Waals surface area contributed by atoms with Crippen LogP contribution in [0.5, 0.6) is 0 Å². The predicted octanol–water partition coefficient (Wildman–Crippen LogP) is 3.46. The van der Waals surface area contributed by atoms with Crippen LogP contribution in [0.1, 0.15) is 46.1 Å². The van der Waals surface area contributed by atoms with Gasteiger partial charge in [0.15, 0.2) is 5.79 Å². The average Bonchev–Trinajstić information content (AvgIpc) is 3.19. The number of ether oxygens (including phenoxy) is 4. The third-order valence-corrected chi connectivity index (χ3v) is 6.88. The first-order valence-corrected chi connectivity index (χ1v) is 11.4. The Morgan fingerprint density at radius 3 is 2.64 bits per heavy atom. The van der Waals surface area contributed by atoms with Crippen molar-refractivity contribution in [2.24, 2.45) is 11.8 Å². The zero-order valence-corrected chi connectivity index (χ0v) is 19.6. The summed E-state index contributed by atoms with van der Waals surface area (Å²) in [7, 11) is 0. The van der Waals surface area contributed by atoms with Crippen LogP contribution >= 0.6 is 0 Å². The lowest BCUT2D eigenvalue weighted by Crippen LogP contribution is -2.45. The van der Waals surface area contributed by atoms with E-state index in [1.165, 1.54) is 0 Å². The number of benzene rings is 1. The molecule has 2 unspecified atom stereocenters. The molecule has 1 N–H and O–H groups in total. The number of aliphatic hydroxyl groups is 1. The zero-order chi connectivity index (χ0) is 24.0. The van der Waals surface area contributed by atoms with Crippen molar-refractivity contribution < 1.29 is 33.6 Å². The summed E-state index contributed by atoms with van der Waals surface area (Å²) >= 11 is 0. The molecule has 7 heteroatoms. The minimum absolute atomic E-state index is 0.204. The molecule has 2 saturated heterocycles. The number of carbonyl (C=O) groups excluding carboxylic acids is 2. The molecule has 0 radical (unpaired) electrons. The molecule has 2 fully saturated rings. The Morgan fingerprint density at radius 2 is 1.97 bits per heavy atom. The van der Waals surface area contributed by atoms with Crippen molar-refractivity contribution in [3.8, 4) is 0 Å². The monoisotopic (exact) mass is 456 g/mol. The molecule has 7 nitrogen and oxygen atoms in total. The molecule has 1 aromatic rings. The van der Waals surface area contributed by atoms with Gasteiger partial charge in [0, 0.05) is 18.4 Å². The van der Waals surface area contributed by atoms with Crippen molar-refractivity contribution in [2.75, 3.05) is 0 Å². The van der Waals surface area contributed by atoms with Gasteiger partial charge in [0.2, 0.25) is 0 Å². The highest BCUT2D eigenvalue weighted by atomic mass is 16.7. The van der Waals surface area contributed by atoms with Gasteiger partial charge in [0.05, 0.1) is 30.1 Å². The summed E-state index contributed by atoms with van der Waals surface area (Å²) in [6.07, 6.45) is 0.188. The molecule has 33 heavy (non-hydrogen) atoms. The van der Waals surface area contributed by atoms with Crippen LogP contribution in [0.4, 0.5) is 0 Å². The van der Waals surface area contributed by atoms with E-state index in [1.807, 2.05) is 37.3 Å². The van der Waals surface area contributed by atoms with Crippen LogP contribution in [0, 0.1) is 11.8 Å². The van der Waals surface area contributed by atoms with Gasteiger partial charge >= 0.3 is 11.9 Å². The normalized spacial score (nSPS) is 37.5. The first kappa shape index (κ1) is 23.7. The molecule has 178 valence electrons. The fourth-order valence-corrected chi connectivity index (χ4v) is 4.87. The van der Waals surface area contributed by atoms with Crippen LogP contribution in [0.3, 0.4) is 0 Å². The van der Waals surface area contributed by atoms with E-state index < -0.39 is 41.6 Å². The van der Waals surface area contributed by atoms with E-state index in [-0.39, 0.29) is 30.3 Å². The highest BCUT2D eigenvalue weighted by Crippen LogP contribution is 2.49. The van der Waals surface area contributed by atoms with Crippen molar-refractivity contribution in [3.63, 3.8) is 0 Å². The van der Waals surface area contributed by atoms with Crippen LogP contribution in [-0.2, 0) is 35.1 Å². The third-order valence-electron chi connectivity index (χ3n) is 6.88. The Labute approximate surface area is 194 Å². The van der Waals surface area contributed by atoms with Gasteiger partial charge in [-0.15, -0.1) is 0 Å². The Bertz CT molecular complexity index is 968. The number of fused-ring (bicyclic) bond motifs is 3. The SMILES string of the molecule is C=C1C(=O)O[C@@H]2/C=C(\C)[C@@]3(O)CC(OCc4ccccc4)[C@@](C)(CC(OC(=O)C(C)C)[C@@H]12)O3. The Balaban J connectivity index is 1.69. The summed E-state index contributed by atoms with van der Waals surface area (Å²) in [4.78, 5) is 25.0. The van der Waals surface area contributed by atoms with E-state index in [1.54, 1.807) is 26.8 Å². The van der Waals surface area contributed by atoms with Gasteiger partial charge in [0.25, 0.3) is 0 Å². The topological polar surface area (TPSA) is 91.3 Å². The van der Waals surface area contributed by atoms with E-state index >= 15 is 0 Å². The van der Waals surface area contributed by atoms with Crippen molar-refractivity contribution in [2.45, 2.75) is 76.8 Å². The highest BCUT2D eigenvalue weighted by molar-refractivity contribution is 5.91. The molecule has 3 heterocycles. The van der Waals surface area contributed by atoms with Crippen LogP contribution in [0.15, 0.2) is 54.1 Å². The molecule has 0 spiro atoms. The molecule has 6 atom stereocenters. The van der Waals surface area contributed by atoms with Gasteiger partial charge in [-0.25, -0.2) is 4.79 Å². The van der Waals surface area contributed by atoms with Gasteiger partial charge in [-0.3, -0.25) is 4.79 Å². The Kier molecular flexibility index (Phi) is 6.24. The van der Waals surface area contributed by atoms with Gasteiger partial charge < -0.3 is 24.1 Å². The standard InChI is InChI=1S/C26H32O7/c1-15(2)23(27)32-20-12-25(5)21(30-14-18-9-7-6-8-10-18)13-26(29,33-25)16(3)11-19-22(20)17(4)24(28)31-19/h6-11,15,19-22,29H,4,12-14H2,1-3,5H3/b16-11+/t19-,20?,21?,22+,25-,26-/m1/s1. The summed E-state index contributed by atoms with van der Waals surface area (Å²) < 4.78 is 23.9. The second-order valence-electron chi connectivity index (χ2n) is 9.79. The second kappa shape index (κ2) is 8.70. The summed E-state index contributed by atoms with van der Waals surface area (Å²) in [5, 5.41) is 11.4. The molecule has 2 bridgehead atoms. The summed E-state index contributed by atoms with van der Waals surface area (Å²) in [5.41, 5.74) is 0.788. The number of rotatable bonds is 5. The minimum atomic E-state index is -1.59. The minimum Gasteiger partial charge on any atom is -0.461 e. The third kappa shape index (κ3) is 4.50. The quantitative estimate of drug-likeness (QED) is 0.412. The number of esters is 2. The maximum atomic E-state index is 12.6. The first-order valence-electron chi connectivity index (χ1n) is 11.4. The van der Waals surface area contributed by atoms with Crippen LogP contribution in [0.25, 0.3) is 0 Å². The van der Waals surface area contributed by atoms with Crippen molar-refractivity contribution in [1.29, 1.82) is 0 Å². The van der Waals surface area contributed by atoms with Crippen LogP contribution < -0.4 is 0 Å². The molecule has 3 aliphatic heterocycles. The van der Waals surface area contributed by atoms with Gasteiger partial charge in [-0.1, -0.05) is 50.8 Å². The molecule has 0 aromatic heterocycles. The predicted molar refractivity (Wildman–Crippen MR) is 120 cm³/mol. The molecular formula is C26H32O7. The zero-order valence-electron chi connectivity index (χ0n) is 19.6. The molecule has 1 aromatic carbocycles. The van der Waals surface area contributed by atoms with Crippen molar-refractivity contribution in [3.05, 3.63) is 59.7 Å². The Morgan fingerprint density at radius 1 is 1.27 bits per heavy atom. The number of hydrogen-bond acceptors (Lipinski definition) is 7. The lowest BCUT2D eigenvalue weighted by Gasteiger charge is -2.36. The van der Waals surface area contributed by atoms with Crippen molar-refractivity contribution >= 4 is 11.9 Å². The van der Waals surface area contributed by atoms with Gasteiger partial charge in [0.1, 0.15) is 12.2 Å². The molecule has 0 amide bonds. The lowest BCUT2D eigenvalue weighted by atomic mass is 9.80. The Hall–Kier alpha value is -2.48. The maximum Gasteiger partial charge on any atom is 0.334 e. The molecule has 3 aliphatic rings. The lowest BCUT2D eigenvalue weighted by molar-refractivity contribution is -0.212.